The summed E-state index contributed by atoms with van der Waals surface area (Å²) in [5.41, 5.74) is 2.70. The molecular formula is C13H18N2. The molecule has 80 valence electrons. The third-order valence-electron chi connectivity index (χ3n) is 2.84. The molecule has 0 saturated heterocycles. The van der Waals surface area contributed by atoms with E-state index >= 15 is 0 Å². The average Bonchev–Trinajstić information content (AvgIpc) is 2.46. The van der Waals surface area contributed by atoms with E-state index in [1.165, 1.54) is 11.3 Å². The van der Waals surface area contributed by atoms with Crippen LogP contribution in [0.1, 0.15) is 18.9 Å². The number of benzene rings is 1. The zero-order valence-electron chi connectivity index (χ0n) is 9.32. The number of hydrogen-bond donors (Lipinski definition) is 0. The molecule has 0 N–H and O–H groups in total. The van der Waals surface area contributed by atoms with Gasteiger partial charge >= 0.3 is 0 Å². The second kappa shape index (κ2) is 5.08. The second-order valence-electron chi connectivity index (χ2n) is 4.13. The Hall–Kier alpha value is -1.15. The third-order valence-corrected chi connectivity index (χ3v) is 2.84. The number of rotatable bonds is 2. The van der Waals surface area contributed by atoms with Crippen LogP contribution in [-0.2, 0) is 6.54 Å². The molecule has 1 aliphatic rings. The lowest BCUT2D eigenvalue weighted by Crippen LogP contribution is -2.26. The monoisotopic (exact) mass is 202 g/mol. The number of hydrogen-bond acceptors (Lipinski definition) is 2. The van der Waals surface area contributed by atoms with Crippen LogP contribution in [0.5, 0.6) is 0 Å². The van der Waals surface area contributed by atoms with Gasteiger partial charge in [-0.15, -0.1) is 0 Å². The van der Waals surface area contributed by atoms with Gasteiger partial charge in [-0.3, -0.25) is 9.89 Å². The molecule has 0 bridgehead atoms. The summed E-state index contributed by atoms with van der Waals surface area (Å²) in [6.45, 7) is 6.38. The first-order valence-electron chi connectivity index (χ1n) is 5.61. The second-order valence-corrected chi connectivity index (χ2v) is 4.13. The Balaban J connectivity index is 1.91. The lowest BCUT2D eigenvalue weighted by atomic mass is 10.2. The standard InChI is InChI=1S/C13H18N2/c1-12-7-9-15(10-8-14-12)11-13-5-3-2-4-6-13/h2-6H,7-11H2,1H3. The van der Waals surface area contributed by atoms with Crippen LogP contribution in [0.3, 0.4) is 0 Å². The summed E-state index contributed by atoms with van der Waals surface area (Å²) in [5.74, 6) is 0. The van der Waals surface area contributed by atoms with Gasteiger partial charge in [-0.2, -0.15) is 0 Å². The van der Waals surface area contributed by atoms with Gasteiger partial charge in [0.05, 0.1) is 6.54 Å². The van der Waals surface area contributed by atoms with Crippen LogP contribution in [0.4, 0.5) is 0 Å². The van der Waals surface area contributed by atoms with E-state index in [-0.39, 0.29) is 0 Å². The van der Waals surface area contributed by atoms with Gasteiger partial charge < -0.3 is 0 Å². The van der Waals surface area contributed by atoms with Gasteiger partial charge in [-0.25, -0.2) is 0 Å². The highest BCUT2D eigenvalue weighted by Gasteiger charge is 2.09. The minimum atomic E-state index is 0.957. The fraction of sp³-hybridized carbons (Fsp3) is 0.462. The quantitative estimate of drug-likeness (QED) is 0.718. The van der Waals surface area contributed by atoms with Gasteiger partial charge in [0.2, 0.25) is 0 Å². The Morgan fingerprint density at radius 2 is 2.00 bits per heavy atom. The lowest BCUT2D eigenvalue weighted by molar-refractivity contribution is 0.286. The summed E-state index contributed by atoms with van der Waals surface area (Å²) in [7, 11) is 0. The smallest absolute Gasteiger partial charge is 0.0516 e. The van der Waals surface area contributed by atoms with E-state index in [4.69, 9.17) is 0 Å². The molecule has 2 nitrogen and oxygen atoms in total. The van der Waals surface area contributed by atoms with Gasteiger partial charge in [0.25, 0.3) is 0 Å². The molecule has 0 fully saturated rings. The molecule has 1 aromatic rings. The van der Waals surface area contributed by atoms with E-state index in [1.54, 1.807) is 0 Å². The first-order chi connectivity index (χ1) is 7.34. The van der Waals surface area contributed by atoms with E-state index in [0.29, 0.717) is 0 Å². The van der Waals surface area contributed by atoms with Gasteiger partial charge in [0.15, 0.2) is 0 Å². The predicted molar refractivity (Wildman–Crippen MR) is 64.3 cm³/mol. The largest absolute Gasteiger partial charge is 0.297 e. The molecule has 0 aliphatic carbocycles. The zero-order valence-corrected chi connectivity index (χ0v) is 9.32. The Bertz CT molecular complexity index is 330. The van der Waals surface area contributed by atoms with Crippen molar-refractivity contribution in [3.8, 4) is 0 Å². The first-order valence-corrected chi connectivity index (χ1v) is 5.61. The summed E-state index contributed by atoms with van der Waals surface area (Å²) in [5, 5.41) is 0. The maximum absolute atomic E-state index is 4.49. The molecule has 2 rings (SSSR count). The van der Waals surface area contributed by atoms with Gasteiger partial charge in [-0.1, -0.05) is 30.3 Å². The minimum Gasteiger partial charge on any atom is -0.297 e. The van der Waals surface area contributed by atoms with Crippen molar-refractivity contribution in [2.75, 3.05) is 19.6 Å². The van der Waals surface area contributed by atoms with Crippen molar-refractivity contribution in [2.45, 2.75) is 19.9 Å². The van der Waals surface area contributed by atoms with Crippen LogP contribution in [0, 0.1) is 0 Å². The fourth-order valence-electron chi connectivity index (χ4n) is 1.89. The van der Waals surface area contributed by atoms with Crippen molar-refractivity contribution < 1.29 is 0 Å². The Morgan fingerprint density at radius 1 is 1.20 bits per heavy atom. The highest BCUT2D eigenvalue weighted by atomic mass is 15.1. The van der Waals surface area contributed by atoms with E-state index in [9.17, 15) is 0 Å². The van der Waals surface area contributed by atoms with Crippen LogP contribution in [0.2, 0.25) is 0 Å². The van der Waals surface area contributed by atoms with Crippen molar-refractivity contribution in [3.05, 3.63) is 35.9 Å². The van der Waals surface area contributed by atoms with E-state index in [1.807, 2.05) is 0 Å². The van der Waals surface area contributed by atoms with E-state index in [2.05, 4.69) is 47.1 Å². The molecule has 0 unspecified atom stereocenters. The van der Waals surface area contributed by atoms with Gasteiger partial charge in [0, 0.05) is 25.3 Å². The Kier molecular flexibility index (Phi) is 3.51. The fourth-order valence-corrected chi connectivity index (χ4v) is 1.89. The molecule has 0 aromatic heterocycles. The Labute approximate surface area is 91.6 Å². The normalized spacial score (nSPS) is 18.3. The summed E-state index contributed by atoms with van der Waals surface area (Å²) in [4.78, 5) is 6.97. The van der Waals surface area contributed by atoms with Crippen LogP contribution >= 0.6 is 0 Å². The SMILES string of the molecule is CC1=NCCN(Cc2ccccc2)CC1. The predicted octanol–water partition coefficient (Wildman–Crippen LogP) is 2.35. The van der Waals surface area contributed by atoms with Crippen molar-refractivity contribution in [1.29, 1.82) is 0 Å². The molecule has 0 radical (unpaired) electrons. The van der Waals surface area contributed by atoms with Crippen LogP contribution in [-0.4, -0.2) is 30.2 Å². The van der Waals surface area contributed by atoms with Gasteiger partial charge in [0.1, 0.15) is 0 Å². The zero-order chi connectivity index (χ0) is 10.5. The first kappa shape index (κ1) is 10.4. The van der Waals surface area contributed by atoms with E-state index in [0.717, 1.165) is 32.6 Å². The van der Waals surface area contributed by atoms with Crippen molar-refractivity contribution in [3.63, 3.8) is 0 Å². The highest BCUT2D eigenvalue weighted by molar-refractivity contribution is 5.82. The van der Waals surface area contributed by atoms with Gasteiger partial charge in [-0.05, 0) is 18.9 Å². The number of aliphatic imine (C=N–C) groups is 1. The van der Waals surface area contributed by atoms with Crippen molar-refractivity contribution in [2.24, 2.45) is 4.99 Å². The molecule has 0 atom stereocenters. The lowest BCUT2D eigenvalue weighted by Gasteiger charge is -2.19. The van der Waals surface area contributed by atoms with E-state index < -0.39 is 0 Å². The maximum atomic E-state index is 4.49. The maximum Gasteiger partial charge on any atom is 0.0516 e. The minimum absolute atomic E-state index is 0.957. The molecule has 0 spiro atoms. The third kappa shape index (κ3) is 3.17. The average molecular weight is 202 g/mol. The number of nitrogens with zero attached hydrogens (tertiary/aromatic N) is 2. The molecule has 1 heterocycles. The van der Waals surface area contributed by atoms with Crippen molar-refractivity contribution >= 4 is 5.71 Å². The summed E-state index contributed by atoms with van der Waals surface area (Å²) >= 11 is 0. The van der Waals surface area contributed by atoms with Crippen LogP contribution in [0.25, 0.3) is 0 Å². The molecular weight excluding hydrogens is 184 g/mol. The molecule has 2 heteroatoms. The summed E-state index contributed by atoms with van der Waals surface area (Å²) in [6, 6.07) is 10.7. The highest BCUT2D eigenvalue weighted by Crippen LogP contribution is 2.07. The summed E-state index contributed by atoms with van der Waals surface area (Å²) in [6.07, 6.45) is 1.12. The van der Waals surface area contributed by atoms with Crippen LogP contribution in [0.15, 0.2) is 35.3 Å². The van der Waals surface area contributed by atoms with Crippen molar-refractivity contribution in [1.82, 2.24) is 4.90 Å². The molecule has 1 aliphatic heterocycles. The summed E-state index contributed by atoms with van der Waals surface area (Å²) < 4.78 is 0. The molecule has 0 amide bonds. The Morgan fingerprint density at radius 3 is 2.80 bits per heavy atom. The molecule has 1 aromatic carbocycles. The van der Waals surface area contributed by atoms with Crippen LogP contribution < -0.4 is 0 Å². The topological polar surface area (TPSA) is 15.6 Å². The molecule has 15 heavy (non-hydrogen) atoms. The molecule has 0 saturated carbocycles.